The molecule has 1 amide bonds. The smallest absolute Gasteiger partial charge is 0.283 e. The SMILES string of the molecule is CN1OC(N2C(=O)C(=O)c3ccccc32)c2ccccc21. The maximum absolute atomic E-state index is 12.3. The number of carbonyl (C=O) groups excluding carboxylic acids is 2. The molecule has 0 saturated carbocycles. The summed E-state index contributed by atoms with van der Waals surface area (Å²) in [5.41, 5.74) is 2.80. The third-order valence-electron chi connectivity index (χ3n) is 3.86. The fourth-order valence-corrected chi connectivity index (χ4v) is 2.88. The zero-order valence-electron chi connectivity index (χ0n) is 11.3. The van der Waals surface area contributed by atoms with Crippen LogP contribution < -0.4 is 9.96 Å². The summed E-state index contributed by atoms with van der Waals surface area (Å²) in [4.78, 5) is 31.6. The van der Waals surface area contributed by atoms with Crippen molar-refractivity contribution >= 4 is 23.1 Å². The van der Waals surface area contributed by atoms with Gasteiger partial charge in [-0.25, -0.2) is 4.84 Å². The highest BCUT2D eigenvalue weighted by Gasteiger charge is 2.44. The van der Waals surface area contributed by atoms with Gasteiger partial charge in [0.05, 0.1) is 16.9 Å². The fraction of sp³-hybridized carbons (Fsp3) is 0.125. The molecule has 0 radical (unpaired) electrons. The van der Waals surface area contributed by atoms with Crippen LogP contribution in [0.3, 0.4) is 0 Å². The number of nitrogens with zero attached hydrogens (tertiary/aromatic N) is 2. The highest BCUT2D eigenvalue weighted by atomic mass is 16.7. The van der Waals surface area contributed by atoms with E-state index >= 15 is 0 Å². The molecule has 2 aromatic rings. The van der Waals surface area contributed by atoms with E-state index in [9.17, 15) is 9.59 Å². The lowest BCUT2D eigenvalue weighted by atomic mass is 10.1. The number of anilines is 2. The van der Waals surface area contributed by atoms with Crippen LogP contribution in [0.4, 0.5) is 11.4 Å². The van der Waals surface area contributed by atoms with Crippen molar-refractivity contribution in [2.75, 3.05) is 17.0 Å². The van der Waals surface area contributed by atoms with E-state index in [-0.39, 0.29) is 0 Å². The first-order valence-electron chi connectivity index (χ1n) is 6.65. The van der Waals surface area contributed by atoms with Gasteiger partial charge >= 0.3 is 5.91 Å². The molecule has 5 nitrogen and oxygen atoms in total. The van der Waals surface area contributed by atoms with Gasteiger partial charge in [0.2, 0.25) is 0 Å². The maximum Gasteiger partial charge on any atom is 0.301 e. The molecule has 104 valence electrons. The zero-order valence-corrected chi connectivity index (χ0v) is 11.3. The van der Waals surface area contributed by atoms with E-state index in [2.05, 4.69) is 0 Å². The molecule has 2 aliphatic rings. The molecule has 0 saturated heterocycles. The summed E-state index contributed by atoms with van der Waals surface area (Å²) in [6.07, 6.45) is -0.605. The lowest BCUT2D eigenvalue weighted by Gasteiger charge is -2.24. The topological polar surface area (TPSA) is 49.9 Å². The van der Waals surface area contributed by atoms with Gasteiger partial charge < -0.3 is 0 Å². The third kappa shape index (κ3) is 1.55. The van der Waals surface area contributed by atoms with E-state index in [1.54, 1.807) is 30.3 Å². The molecule has 0 aliphatic carbocycles. The summed E-state index contributed by atoms with van der Waals surface area (Å²) in [6.45, 7) is 0. The Bertz CT molecular complexity index is 772. The Morgan fingerprint density at radius 1 is 0.952 bits per heavy atom. The summed E-state index contributed by atoms with van der Waals surface area (Å²) in [5, 5.41) is 1.62. The highest BCUT2D eigenvalue weighted by Crippen LogP contribution is 2.43. The van der Waals surface area contributed by atoms with Crippen molar-refractivity contribution in [2.45, 2.75) is 6.23 Å². The molecule has 0 spiro atoms. The van der Waals surface area contributed by atoms with Crippen LogP contribution in [0.15, 0.2) is 48.5 Å². The molecule has 0 aromatic heterocycles. The van der Waals surface area contributed by atoms with Gasteiger partial charge in [-0.15, -0.1) is 0 Å². The van der Waals surface area contributed by atoms with Crippen molar-refractivity contribution in [2.24, 2.45) is 0 Å². The van der Waals surface area contributed by atoms with Gasteiger partial charge in [-0.05, 0) is 18.2 Å². The average Bonchev–Trinajstić information content (AvgIpc) is 2.97. The molecule has 1 atom stereocenters. The van der Waals surface area contributed by atoms with Crippen LogP contribution in [0.2, 0.25) is 0 Å². The van der Waals surface area contributed by atoms with Crippen molar-refractivity contribution in [3.05, 3.63) is 59.7 Å². The number of hydrogen-bond donors (Lipinski definition) is 0. The largest absolute Gasteiger partial charge is 0.301 e. The molecule has 4 rings (SSSR count). The second kappa shape index (κ2) is 4.17. The molecule has 5 heteroatoms. The molecular weight excluding hydrogens is 268 g/mol. The number of rotatable bonds is 1. The summed E-state index contributed by atoms with van der Waals surface area (Å²) in [6, 6.07) is 14.6. The summed E-state index contributed by atoms with van der Waals surface area (Å²) >= 11 is 0. The van der Waals surface area contributed by atoms with E-state index in [4.69, 9.17) is 4.84 Å². The fourth-order valence-electron chi connectivity index (χ4n) is 2.88. The normalized spacial score (nSPS) is 20.0. The molecule has 2 aromatic carbocycles. The Labute approximate surface area is 121 Å². The number of carbonyl (C=O) groups is 2. The lowest BCUT2D eigenvalue weighted by molar-refractivity contribution is -0.116. The monoisotopic (exact) mass is 280 g/mol. The summed E-state index contributed by atoms with van der Waals surface area (Å²) < 4.78 is 0. The Hall–Kier alpha value is -2.66. The standard InChI is InChI=1S/C16H12N2O3/c1-17-12-8-4-3-7-11(12)16(21-17)18-13-9-5-2-6-10(13)14(19)15(18)20/h2-9,16H,1H3. The van der Waals surface area contributed by atoms with Gasteiger partial charge in [0.1, 0.15) is 0 Å². The van der Waals surface area contributed by atoms with Crippen molar-refractivity contribution in [3.63, 3.8) is 0 Å². The number of para-hydroxylation sites is 2. The molecule has 2 heterocycles. The van der Waals surface area contributed by atoms with Crippen LogP contribution in [0.25, 0.3) is 0 Å². The van der Waals surface area contributed by atoms with Crippen LogP contribution in [0.5, 0.6) is 0 Å². The minimum absolute atomic E-state index is 0.429. The molecular formula is C16H12N2O3. The molecule has 0 N–H and O–H groups in total. The number of ketones is 1. The molecule has 2 aliphatic heterocycles. The van der Waals surface area contributed by atoms with Gasteiger partial charge in [-0.1, -0.05) is 30.3 Å². The van der Waals surface area contributed by atoms with Crippen LogP contribution in [0, 0.1) is 0 Å². The van der Waals surface area contributed by atoms with Crippen LogP contribution >= 0.6 is 0 Å². The lowest BCUT2D eigenvalue weighted by Crippen LogP contribution is -2.35. The van der Waals surface area contributed by atoms with Crippen molar-refractivity contribution in [3.8, 4) is 0 Å². The van der Waals surface area contributed by atoms with E-state index in [0.717, 1.165) is 11.3 Å². The number of hydrogen-bond acceptors (Lipinski definition) is 4. The van der Waals surface area contributed by atoms with Gasteiger partial charge in [-0.2, -0.15) is 0 Å². The first-order valence-corrected chi connectivity index (χ1v) is 6.65. The van der Waals surface area contributed by atoms with Crippen LogP contribution in [-0.4, -0.2) is 18.7 Å². The van der Waals surface area contributed by atoms with E-state index in [0.29, 0.717) is 11.3 Å². The number of fused-ring (bicyclic) bond motifs is 2. The predicted molar refractivity (Wildman–Crippen MR) is 76.9 cm³/mol. The average molecular weight is 280 g/mol. The predicted octanol–water partition coefficient (Wildman–Crippen LogP) is 2.30. The minimum atomic E-state index is -0.605. The molecule has 1 unspecified atom stereocenters. The van der Waals surface area contributed by atoms with E-state index in [1.165, 1.54) is 4.90 Å². The molecule has 21 heavy (non-hydrogen) atoms. The Morgan fingerprint density at radius 3 is 2.43 bits per heavy atom. The number of Topliss-reactive ketones (excluding diaryl/α,β-unsaturated/α-hetero) is 1. The van der Waals surface area contributed by atoms with Crippen LogP contribution in [-0.2, 0) is 9.63 Å². The van der Waals surface area contributed by atoms with Gasteiger partial charge in [0, 0.05) is 12.6 Å². The Morgan fingerprint density at radius 2 is 1.62 bits per heavy atom. The van der Waals surface area contributed by atoms with E-state index in [1.807, 2.05) is 30.3 Å². The number of benzene rings is 2. The first-order chi connectivity index (χ1) is 10.2. The maximum atomic E-state index is 12.3. The quantitative estimate of drug-likeness (QED) is 0.752. The Kier molecular flexibility index (Phi) is 2.40. The number of amides is 1. The van der Waals surface area contributed by atoms with Crippen LogP contribution in [0.1, 0.15) is 22.1 Å². The highest BCUT2D eigenvalue weighted by molar-refractivity contribution is 6.52. The van der Waals surface area contributed by atoms with Gasteiger partial charge in [-0.3, -0.25) is 19.6 Å². The second-order valence-electron chi connectivity index (χ2n) is 5.04. The summed E-state index contributed by atoms with van der Waals surface area (Å²) in [7, 11) is 1.78. The van der Waals surface area contributed by atoms with Crippen molar-refractivity contribution in [1.82, 2.24) is 0 Å². The minimum Gasteiger partial charge on any atom is -0.283 e. The zero-order chi connectivity index (χ0) is 14.6. The van der Waals surface area contributed by atoms with E-state index < -0.39 is 17.9 Å². The number of hydroxylamine groups is 1. The Balaban J connectivity index is 1.86. The van der Waals surface area contributed by atoms with Gasteiger partial charge in [0.25, 0.3) is 5.78 Å². The second-order valence-corrected chi connectivity index (χ2v) is 5.04. The molecule has 0 fully saturated rings. The van der Waals surface area contributed by atoms with Crippen molar-refractivity contribution in [1.29, 1.82) is 0 Å². The first kappa shape index (κ1) is 12.1. The molecule has 0 bridgehead atoms. The van der Waals surface area contributed by atoms with Crippen molar-refractivity contribution < 1.29 is 14.4 Å². The summed E-state index contributed by atoms with van der Waals surface area (Å²) in [5.74, 6) is -1.03. The third-order valence-corrected chi connectivity index (χ3v) is 3.86. The van der Waals surface area contributed by atoms with Gasteiger partial charge in [0.15, 0.2) is 6.23 Å².